The van der Waals surface area contributed by atoms with Gasteiger partial charge < -0.3 is 20.5 Å². The summed E-state index contributed by atoms with van der Waals surface area (Å²) in [7, 11) is -4.15. The molecule has 14 heteroatoms. The maximum Gasteiger partial charge on any atom is 1.00 e. The van der Waals surface area contributed by atoms with Gasteiger partial charge in [-0.2, -0.15) is 0 Å². The maximum atomic E-state index is 13.7. The molecule has 3 N–H and O–H groups in total. The molecule has 146 valence electrons. The van der Waals surface area contributed by atoms with E-state index in [9.17, 15) is 35.2 Å². The predicted molar refractivity (Wildman–Crippen MR) is 82.6 cm³/mol. The third-order valence-electron chi connectivity index (χ3n) is 3.09. The Morgan fingerprint density at radius 2 is 1.54 bits per heavy atom. The predicted octanol–water partition coefficient (Wildman–Crippen LogP) is 0.279. The Labute approximate surface area is 177 Å². The first-order valence-corrected chi connectivity index (χ1v) is 8.17. The molecule has 0 fully saturated rings. The van der Waals surface area contributed by atoms with Gasteiger partial charge in [-0.25, -0.2) is 35.2 Å². The Kier molecular flexibility index (Phi) is 7.65. The van der Waals surface area contributed by atoms with Gasteiger partial charge in [-0.1, -0.05) is 6.07 Å². The SMILES string of the molecule is COc1ccc([N-]S(=O)(=O)c2c(F)c(F)c(F)c(F)c2F)cc1NC(N)=O.[Na+]. The molecular formula is C14H9F5N3NaO4S. The van der Waals surface area contributed by atoms with Crippen molar-refractivity contribution in [3.63, 3.8) is 0 Å². The number of hydrogen-bond acceptors (Lipinski definition) is 4. The zero-order chi connectivity index (χ0) is 20.5. The van der Waals surface area contributed by atoms with Gasteiger partial charge in [0.15, 0.2) is 23.3 Å². The number of rotatable bonds is 5. The van der Waals surface area contributed by atoms with E-state index < -0.39 is 55.7 Å². The summed E-state index contributed by atoms with van der Waals surface area (Å²) in [6.45, 7) is 0. The van der Waals surface area contributed by atoms with Crippen molar-refractivity contribution < 1.29 is 69.5 Å². The van der Waals surface area contributed by atoms with E-state index in [1.807, 2.05) is 0 Å². The van der Waals surface area contributed by atoms with Gasteiger partial charge in [-0.05, 0) is 12.1 Å². The average molecular weight is 433 g/mol. The Morgan fingerprint density at radius 3 is 2.00 bits per heavy atom. The number of primary amides is 1. The van der Waals surface area contributed by atoms with Crippen LogP contribution >= 0.6 is 0 Å². The first-order valence-electron chi connectivity index (χ1n) is 6.73. The molecule has 2 rings (SSSR count). The van der Waals surface area contributed by atoms with Gasteiger partial charge in [0.25, 0.3) is 0 Å². The molecule has 7 nitrogen and oxygen atoms in total. The minimum Gasteiger partial charge on any atom is -0.572 e. The molecule has 2 amide bonds. The standard InChI is InChI=1S/C14H9F5N3O4S.Na/c1-26-7-3-2-5(4-6(7)21-14(20)23)22-27(24,25)13-11(18)9(16)8(15)10(17)12(13)19;/h2-4H,1H3,(H3,20,21,23);/q-1;+1. The molecule has 0 aliphatic heterocycles. The summed E-state index contributed by atoms with van der Waals surface area (Å²) in [5.74, 6) is -12.5. The van der Waals surface area contributed by atoms with E-state index >= 15 is 0 Å². The van der Waals surface area contributed by atoms with E-state index in [2.05, 4.69) is 10.0 Å². The minimum absolute atomic E-state index is 0. The van der Waals surface area contributed by atoms with Crippen molar-refractivity contribution in [2.75, 3.05) is 12.4 Å². The molecule has 0 heterocycles. The van der Waals surface area contributed by atoms with Gasteiger partial charge in [0.2, 0.25) is 5.82 Å². The first kappa shape index (κ1) is 23.9. The largest absolute Gasteiger partial charge is 1.00 e. The second-order valence-electron chi connectivity index (χ2n) is 4.84. The van der Waals surface area contributed by atoms with Crippen molar-refractivity contribution in [1.82, 2.24) is 0 Å². The Bertz CT molecular complexity index is 1010. The van der Waals surface area contributed by atoms with E-state index in [0.29, 0.717) is 0 Å². The number of urea groups is 1. The fourth-order valence-electron chi connectivity index (χ4n) is 1.98. The van der Waals surface area contributed by atoms with Crippen LogP contribution in [-0.4, -0.2) is 21.6 Å². The summed E-state index contributed by atoms with van der Waals surface area (Å²) in [4.78, 5) is 8.83. The quantitative estimate of drug-likeness (QED) is 0.305. The zero-order valence-electron chi connectivity index (χ0n) is 14.2. The van der Waals surface area contributed by atoms with E-state index in [0.717, 1.165) is 18.2 Å². The van der Waals surface area contributed by atoms with Gasteiger partial charge in [0.05, 0.1) is 12.8 Å². The molecule has 0 bridgehead atoms. The van der Waals surface area contributed by atoms with Crippen molar-refractivity contribution in [1.29, 1.82) is 0 Å². The number of methoxy groups -OCH3 is 1. The summed E-state index contributed by atoms with van der Waals surface area (Å²) in [6.07, 6.45) is 0. The van der Waals surface area contributed by atoms with E-state index in [4.69, 9.17) is 10.5 Å². The zero-order valence-corrected chi connectivity index (χ0v) is 17.0. The minimum atomic E-state index is -5.36. The van der Waals surface area contributed by atoms with E-state index in [-0.39, 0.29) is 41.0 Å². The number of nitrogens with two attached hydrogens (primary N) is 1. The monoisotopic (exact) mass is 433 g/mol. The number of carbonyl (C=O) groups excluding carboxylic acids is 1. The number of halogens is 5. The van der Waals surface area contributed by atoms with Crippen LogP contribution in [0.4, 0.5) is 38.1 Å². The molecule has 0 radical (unpaired) electrons. The van der Waals surface area contributed by atoms with Crippen LogP contribution in [0.1, 0.15) is 0 Å². The Balaban J connectivity index is 0.00000392. The van der Waals surface area contributed by atoms with Crippen molar-refractivity contribution in [3.8, 4) is 5.75 Å². The summed E-state index contributed by atoms with van der Waals surface area (Å²) in [6, 6.07) is 1.97. The maximum absolute atomic E-state index is 13.7. The van der Waals surface area contributed by atoms with E-state index in [1.54, 1.807) is 0 Å². The van der Waals surface area contributed by atoms with Gasteiger partial charge >= 0.3 is 35.6 Å². The number of carbonyl (C=O) groups is 1. The molecule has 0 unspecified atom stereocenters. The smallest absolute Gasteiger partial charge is 0.572 e. The summed E-state index contributed by atoms with van der Waals surface area (Å²) in [5.41, 5.74) is 4.27. The third-order valence-corrected chi connectivity index (χ3v) is 4.42. The molecule has 28 heavy (non-hydrogen) atoms. The molecule has 0 aromatic heterocycles. The number of benzene rings is 2. The number of amides is 2. The number of nitrogens with one attached hydrogen (secondary N) is 1. The van der Waals surface area contributed by atoms with Crippen molar-refractivity contribution in [3.05, 3.63) is 52.0 Å². The topological polar surface area (TPSA) is 113 Å². The number of ether oxygens (including phenoxy) is 1. The van der Waals surface area contributed by atoms with Crippen LogP contribution in [0.2, 0.25) is 0 Å². The van der Waals surface area contributed by atoms with Crippen molar-refractivity contribution in [2.45, 2.75) is 4.90 Å². The number of anilines is 1. The molecule has 0 aliphatic carbocycles. The molecule has 2 aromatic carbocycles. The summed E-state index contributed by atoms with van der Waals surface area (Å²) >= 11 is 0. The Hall–Kier alpha value is -2.09. The normalized spacial score (nSPS) is 10.8. The van der Waals surface area contributed by atoms with Gasteiger partial charge in [-0.3, -0.25) is 0 Å². The van der Waals surface area contributed by atoms with Crippen LogP contribution in [0.25, 0.3) is 4.72 Å². The molecule has 0 atom stereocenters. The van der Waals surface area contributed by atoms with Gasteiger partial charge in [-0.15, -0.1) is 5.69 Å². The van der Waals surface area contributed by atoms with Crippen LogP contribution in [0.15, 0.2) is 23.1 Å². The molecule has 0 aliphatic rings. The number of nitrogens with zero attached hydrogens (tertiary/aromatic N) is 1. The number of hydrogen-bond donors (Lipinski definition) is 2. The van der Waals surface area contributed by atoms with Gasteiger partial charge in [0.1, 0.15) is 20.7 Å². The molecular weight excluding hydrogens is 424 g/mol. The van der Waals surface area contributed by atoms with Gasteiger partial charge in [0, 0.05) is 0 Å². The van der Waals surface area contributed by atoms with Crippen LogP contribution in [0, 0.1) is 29.1 Å². The fraction of sp³-hybridized carbons (Fsp3) is 0.0714. The molecule has 0 saturated carbocycles. The van der Waals surface area contributed by atoms with Crippen molar-refractivity contribution in [2.24, 2.45) is 5.73 Å². The second kappa shape index (κ2) is 8.94. The number of sulfonamides is 1. The van der Waals surface area contributed by atoms with Crippen LogP contribution in [0.3, 0.4) is 0 Å². The second-order valence-corrected chi connectivity index (χ2v) is 6.38. The van der Waals surface area contributed by atoms with Crippen LogP contribution < -0.4 is 45.3 Å². The fourth-order valence-corrected chi connectivity index (χ4v) is 3.09. The summed E-state index contributed by atoms with van der Waals surface area (Å²) in [5, 5.41) is 2.08. The Morgan fingerprint density at radius 1 is 1.04 bits per heavy atom. The summed E-state index contributed by atoms with van der Waals surface area (Å²) < 4.78 is 99.1. The molecule has 0 spiro atoms. The van der Waals surface area contributed by atoms with Crippen LogP contribution in [0.5, 0.6) is 5.75 Å². The average Bonchev–Trinajstić information content (AvgIpc) is 2.57. The first-order chi connectivity index (χ1) is 12.5. The van der Waals surface area contributed by atoms with E-state index in [1.165, 1.54) is 7.11 Å². The van der Waals surface area contributed by atoms with Crippen molar-refractivity contribution >= 4 is 27.4 Å². The molecule has 2 aromatic rings. The third kappa shape index (κ3) is 4.66. The molecule has 0 saturated heterocycles. The van der Waals surface area contributed by atoms with Crippen LogP contribution in [-0.2, 0) is 10.0 Å².